The molecule has 1 fully saturated rings. The highest BCUT2D eigenvalue weighted by molar-refractivity contribution is 6.10. The van der Waals surface area contributed by atoms with Gasteiger partial charge in [-0.25, -0.2) is 0 Å². The van der Waals surface area contributed by atoms with Gasteiger partial charge < -0.3 is 9.84 Å². The van der Waals surface area contributed by atoms with Gasteiger partial charge in [-0.15, -0.1) is 0 Å². The molecular formula is C15H17NO4. The summed E-state index contributed by atoms with van der Waals surface area (Å²) in [5, 5.41) is 9.78. The molecule has 1 N–H and O–H groups in total. The number of imide groups is 1. The smallest absolute Gasteiger partial charge is 0.261 e. The third-order valence-corrected chi connectivity index (χ3v) is 4.23. The zero-order valence-electron chi connectivity index (χ0n) is 11.2. The zero-order chi connectivity index (χ0) is 14.2. The van der Waals surface area contributed by atoms with E-state index in [2.05, 4.69) is 0 Å². The van der Waals surface area contributed by atoms with Gasteiger partial charge in [0.05, 0.1) is 18.6 Å². The Kier molecular flexibility index (Phi) is 3.31. The molecule has 1 aromatic carbocycles. The second-order valence-electron chi connectivity index (χ2n) is 5.36. The van der Waals surface area contributed by atoms with Crippen LogP contribution in [0.25, 0.3) is 0 Å². The van der Waals surface area contributed by atoms with Crippen LogP contribution in [0.15, 0.2) is 24.3 Å². The van der Waals surface area contributed by atoms with Crippen molar-refractivity contribution in [2.24, 2.45) is 0 Å². The van der Waals surface area contributed by atoms with Gasteiger partial charge in [-0.05, 0) is 24.5 Å². The summed E-state index contributed by atoms with van der Waals surface area (Å²) in [5.41, 5.74) is 0.519. The Bertz CT molecular complexity index is 549. The molecule has 0 bridgehead atoms. The van der Waals surface area contributed by atoms with E-state index >= 15 is 0 Å². The standard InChI is InChI=1S/C15H17NO4/c17-10-15(5-7-20-8-6-15)16-13(18)9-11-3-1-2-4-12(11)14(16)19/h1-4,17H,5-10H2. The molecular weight excluding hydrogens is 258 g/mol. The number of rotatable bonds is 2. The molecule has 0 radical (unpaired) electrons. The fourth-order valence-electron chi connectivity index (χ4n) is 3.04. The minimum absolute atomic E-state index is 0.212. The van der Waals surface area contributed by atoms with Crippen LogP contribution in [0.3, 0.4) is 0 Å². The lowest BCUT2D eigenvalue weighted by Gasteiger charge is -2.45. The van der Waals surface area contributed by atoms with Gasteiger partial charge in [0.2, 0.25) is 5.91 Å². The van der Waals surface area contributed by atoms with Crippen molar-refractivity contribution >= 4 is 11.8 Å². The molecule has 1 saturated heterocycles. The summed E-state index contributed by atoms with van der Waals surface area (Å²) in [6.45, 7) is 0.703. The van der Waals surface area contributed by atoms with Crippen LogP contribution in [0, 0.1) is 0 Å². The van der Waals surface area contributed by atoms with Crippen molar-refractivity contribution < 1.29 is 19.4 Å². The van der Waals surface area contributed by atoms with Gasteiger partial charge in [-0.1, -0.05) is 18.2 Å². The zero-order valence-corrected chi connectivity index (χ0v) is 11.2. The monoisotopic (exact) mass is 275 g/mol. The van der Waals surface area contributed by atoms with Gasteiger partial charge in [0.15, 0.2) is 0 Å². The molecule has 0 atom stereocenters. The number of amides is 2. The fourth-order valence-corrected chi connectivity index (χ4v) is 3.04. The first kappa shape index (κ1) is 13.3. The number of hydrogen-bond donors (Lipinski definition) is 1. The Morgan fingerprint density at radius 3 is 2.60 bits per heavy atom. The molecule has 2 heterocycles. The molecule has 1 aromatic rings. The Balaban J connectivity index is 2.01. The van der Waals surface area contributed by atoms with Gasteiger partial charge in [0, 0.05) is 18.8 Å². The lowest BCUT2D eigenvalue weighted by Crippen LogP contribution is -2.61. The normalized spacial score (nSPS) is 21.8. The molecule has 2 aliphatic heterocycles. The minimum atomic E-state index is -0.806. The maximum absolute atomic E-state index is 12.6. The number of carbonyl (C=O) groups is 2. The lowest BCUT2D eigenvalue weighted by atomic mass is 9.85. The van der Waals surface area contributed by atoms with E-state index < -0.39 is 5.54 Å². The van der Waals surface area contributed by atoms with Crippen LogP contribution < -0.4 is 0 Å². The summed E-state index contributed by atoms with van der Waals surface area (Å²) in [7, 11) is 0. The van der Waals surface area contributed by atoms with Gasteiger partial charge in [-0.2, -0.15) is 0 Å². The highest BCUT2D eigenvalue weighted by Gasteiger charge is 2.46. The number of fused-ring (bicyclic) bond motifs is 1. The molecule has 5 nitrogen and oxygen atoms in total. The summed E-state index contributed by atoms with van der Waals surface area (Å²) in [6.07, 6.45) is 1.19. The second kappa shape index (κ2) is 5.00. The molecule has 3 rings (SSSR count). The van der Waals surface area contributed by atoms with Gasteiger partial charge in [-0.3, -0.25) is 14.5 Å². The Hall–Kier alpha value is -1.72. The van der Waals surface area contributed by atoms with Crippen LogP contribution in [0.4, 0.5) is 0 Å². The van der Waals surface area contributed by atoms with E-state index in [4.69, 9.17) is 4.74 Å². The molecule has 20 heavy (non-hydrogen) atoms. The molecule has 5 heteroatoms. The summed E-state index contributed by atoms with van der Waals surface area (Å²) in [6, 6.07) is 7.16. The van der Waals surface area contributed by atoms with Crippen molar-refractivity contribution in [2.75, 3.05) is 19.8 Å². The molecule has 0 saturated carbocycles. The van der Waals surface area contributed by atoms with Crippen LogP contribution >= 0.6 is 0 Å². The van der Waals surface area contributed by atoms with E-state index in [9.17, 15) is 14.7 Å². The average molecular weight is 275 g/mol. The number of aliphatic hydroxyl groups is 1. The maximum atomic E-state index is 12.6. The summed E-state index contributed by atoms with van der Waals surface area (Å²) >= 11 is 0. The van der Waals surface area contributed by atoms with Crippen molar-refractivity contribution in [3.05, 3.63) is 35.4 Å². The number of nitrogens with zero attached hydrogens (tertiary/aromatic N) is 1. The fraction of sp³-hybridized carbons (Fsp3) is 0.467. The molecule has 0 aliphatic carbocycles. The lowest BCUT2D eigenvalue weighted by molar-refractivity contribution is -0.139. The number of aliphatic hydroxyl groups excluding tert-OH is 1. The SMILES string of the molecule is O=C1Cc2ccccc2C(=O)N1C1(CO)CCOCC1. The summed E-state index contributed by atoms with van der Waals surface area (Å²) in [4.78, 5) is 26.3. The van der Waals surface area contributed by atoms with E-state index in [1.54, 1.807) is 18.2 Å². The van der Waals surface area contributed by atoms with Crippen molar-refractivity contribution in [1.29, 1.82) is 0 Å². The van der Waals surface area contributed by atoms with Gasteiger partial charge >= 0.3 is 0 Å². The largest absolute Gasteiger partial charge is 0.394 e. The number of carbonyl (C=O) groups excluding carboxylic acids is 2. The van der Waals surface area contributed by atoms with Crippen LogP contribution in [0.5, 0.6) is 0 Å². The minimum Gasteiger partial charge on any atom is -0.394 e. The molecule has 106 valence electrons. The van der Waals surface area contributed by atoms with Gasteiger partial charge in [0.25, 0.3) is 5.91 Å². The molecule has 2 aliphatic rings. The Morgan fingerprint density at radius 1 is 1.20 bits per heavy atom. The first-order valence-corrected chi connectivity index (χ1v) is 6.82. The Labute approximate surface area is 117 Å². The maximum Gasteiger partial charge on any atom is 0.261 e. The van der Waals surface area contributed by atoms with Crippen LogP contribution in [0.1, 0.15) is 28.8 Å². The third kappa shape index (κ3) is 1.94. The first-order valence-electron chi connectivity index (χ1n) is 6.82. The predicted octanol–water partition coefficient (Wildman–Crippen LogP) is 0.753. The molecule has 0 aromatic heterocycles. The summed E-state index contributed by atoms with van der Waals surface area (Å²) in [5.74, 6) is -0.530. The van der Waals surface area contributed by atoms with E-state index in [1.165, 1.54) is 4.90 Å². The molecule has 0 spiro atoms. The second-order valence-corrected chi connectivity index (χ2v) is 5.36. The van der Waals surface area contributed by atoms with E-state index in [1.807, 2.05) is 6.07 Å². The Morgan fingerprint density at radius 2 is 1.90 bits per heavy atom. The number of ether oxygens (including phenoxy) is 1. The topological polar surface area (TPSA) is 66.8 Å². The van der Waals surface area contributed by atoms with Crippen molar-refractivity contribution in [1.82, 2.24) is 4.90 Å². The quantitative estimate of drug-likeness (QED) is 0.809. The molecule has 2 amide bonds. The average Bonchev–Trinajstić information content (AvgIpc) is 2.48. The number of hydrogen-bond acceptors (Lipinski definition) is 4. The third-order valence-electron chi connectivity index (χ3n) is 4.23. The first-order chi connectivity index (χ1) is 9.68. The van der Waals surface area contributed by atoms with Crippen LogP contribution in [-0.2, 0) is 16.0 Å². The summed E-state index contributed by atoms with van der Waals surface area (Å²) < 4.78 is 5.30. The van der Waals surface area contributed by atoms with Crippen molar-refractivity contribution in [3.63, 3.8) is 0 Å². The van der Waals surface area contributed by atoms with E-state index in [0.29, 0.717) is 31.6 Å². The predicted molar refractivity (Wildman–Crippen MR) is 71.2 cm³/mol. The van der Waals surface area contributed by atoms with Crippen LogP contribution in [-0.4, -0.2) is 47.2 Å². The van der Waals surface area contributed by atoms with Crippen molar-refractivity contribution in [2.45, 2.75) is 24.8 Å². The molecule has 0 unspecified atom stereocenters. The van der Waals surface area contributed by atoms with Gasteiger partial charge in [0.1, 0.15) is 0 Å². The number of benzene rings is 1. The van der Waals surface area contributed by atoms with Crippen molar-refractivity contribution in [3.8, 4) is 0 Å². The van der Waals surface area contributed by atoms with Crippen LogP contribution in [0.2, 0.25) is 0 Å². The van der Waals surface area contributed by atoms with E-state index in [-0.39, 0.29) is 24.8 Å². The van der Waals surface area contributed by atoms with E-state index in [0.717, 1.165) is 5.56 Å². The highest BCUT2D eigenvalue weighted by atomic mass is 16.5. The highest BCUT2D eigenvalue weighted by Crippen LogP contribution is 2.33.